The van der Waals surface area contributed by atoms with Gasteiger partial charge in [-0.1, -0.05) is 30.2 Å². The maximum absolute atomic E-state index is 5.87. The Balaban J connectivity index is 2.21. The molecule has 0 spiro atoms. The van der Waals surface area contributed by atoms with Crippen molar-refractivity contribution in [3.05, 3.63) is 35.4 Å². The third kappa shape index (κ3) is 2.88. The topological polar surface area (TPSA) is 38.0 Å². The van der Waals surface area contributed by atoms with Gasteiger partial charge in [-0.05, 0) is 36.8 Å². The van der Waals surface area contributed by atoms with Gasteiger partial charge in [-0.25, -0.2) is 0 Å². The van der Waals surface area contributed by atoms with Crippen LogP contribution in [0.3, 0.4) is 0 Å². The fourth-order valence-corrected chi connectivity index (χ4v) is 2.23. The fourth-order valence-electron chi connectivity index (χ4n) is 2.23. The number of rotatable bonds is 5. The van der Waals surface area contributed by atoms with Crippen LogP contribution in [0.15, 0.2) is 24.3 Å². The van der Waals surface area contributed by atoms with Crippen molar-refractivity contribution in [2.75, 3.05) is 6.54 Å². The van der Waals surface area contributed by atoms with Crippen molar-refractivity contribution in [3.8, 4) is 12.3 Å². The molecular weight excluding hydrogens is 208 g/mol. The smallest absolute Gasteiger partial charge is 0.0663 e. The second-order valence-corrected chi connectivity index (χ2v) is 4.75. The maximum Gasteiger partial charge on any atom is 0.0663 e. The lowest BCUT2D eigenvalue weighted by Crippen LogP contribution is -2.34. The van der Waals surface area contributed by atoms with Gasteiger partial charge in [-0.3, -0.25) is 5.32 Å². The predicted molar refractivity (Wildman–Crippen MR) is 71.6 cm³/mol. The van der Waals surface area contributed by atoms with E-state index < -0.39 is 0 Å². The Bertz CT molecular complexity index is 415. The molecule has 17 heavy (non-hydrogen) atoms. The van der Waals surface area contributed by atoms with Gasteiger partial charge in [0.15, 0.2) is 0 Å². The van der Waals surface area contributed by atoms with Crippen molar-refractivity contribution in [2.45, 2.75) is 37.8 Å². The van der Waals surface area contributed by atoms with Crippen LogP contribution in [0, 0.1) is 12.3 Å². The minimum atomic E-state index is 0.0517. The normalized spacial score (nSPS) is 18.4. The lowest BCUT2D eigenvalue weighted by Gasteiger charge is -2.22. The quantitative estimate of drug-likeness (QED) is 0.758. The van der Waals surface area contributed by atoms with Gasteiger partial charge in [-0.15, -0.1) is 6.42 Å². The van der Waals surface area contributed by atoms with E-state index in [9.17, 15) is 0 Å². The molecule has 2 atom stereocenters. The van der Waals surface area contributed by atoms with Crippen LogP contribution in [-0.4, -0.2) is 12.6 Å². The molecule has 0 amide bonds. The van der Waals surface area contributed by atoms with Gasteiger partial charge in [0.25, 0.3) is 0 Å². The van der Waals surface area contributed by atoms with E-state index in [1.165, 1.54) is 24.0 Å². The van der Waals surface area contributed by atoms with Gasteiger partial charge >= 0.3 is 0 Å². The number of hydrogen-bond acceptors (Lipinski definition) is 2. The number of hydrogen-bond donors (Lipinski definition) is 2. The molecule has 0 heterocycles. The van der Waals surface area contributed by atoms with E-state index in [2.05, 4.69) is 35.5 Å². The van der Waals surface area contributed by atoms with Gasteiger partial charge in [0.05, 0.1) is 6.04 Å². The third-order valence-electron chi connectivity index (χ3n) is 3.33. The van der Waals surface area contributed by atoms with Crippen LogP contribution in [0.4, 0.5) is 0 Å². The molecule has 0 saturated heterocycles. The zero-order valence-corrected chi connectivity index (χ0v) is 10.3. The number of nitrogens with two attached hydrogens (primary N) is 1. The molecule has 90 valence electrons. The second-order valence-electron chi connectivity index (χ2n) is 4.75. The Labute approximate surface area is 104 Å². The third-order valence-corrected chi connectivity index (χ3v) is 3.33. The van der Waals surface area contributed by atoms with Crippen LogP contribution in [0.5, 0.6) is 0 Å². The first-order valence-corrected chi connectivity index (χ1v) is 6.27. The van der Waals surface area contributed by atoms with E-state index in [1.54, 1.807) is 0 Å². The molecule has 2 nitrogen and oxygen atoms in total. The Morgan fingerprint density at radius 3 is 2.76 bits per heavy atom. The molecule has 2 unspecified atom stereocenters. The van der Waals surface area contributed by atoms with Crippen molar-refractivity contribution in [1.82, 2.24) is 5.32 Å². The molecule has 0 bridgehead atoms. The van der Waals surface area contributed by atoms with Crippen molar-refractivity contribution in [2.24, 2.45) is 5.73 Å². The van der Waals surface area contributed by atoms with Gasteiger partial charge in [0.1, 0.15) is 0 Å². The molecule has 1 aromatic carbocycles. The largest absolute Gasteiger partial charge is 0.329 e. The van der Waals surface area contributed by atoms with Gasteiger partial charge in [-0.2, -0.15) is 0 Å². The molecule has 2 rings (SSSR count). The summed E-state index contributed by atoms with van der Waals surface area (Å²) in [6, 6.07) is 8.79. The summed E-state index contributed by atoms with van der Waals surface area (Å²) in [5, 5.41) is 3.39. The summed E-state index contributed by atoms with van der Waals surface area (Å²) in [5.74, 6) is 3.44. The van der Waals surface area contributed by atoms with E-state index >= 15 is 0 Å². The summed E-state index contributed by atoms with van der Waals surface area (Å²) >= 11 is 0. The first-order valence-electron chi connectivity index (χ1n) is 6.27. The van der Waals surface area contributed by atoms with Crippen LogP contribution in [-0.2, 0) is 0 Å². The summed E-state index contributed by atoms with van der Waals surface area (Å²) in [6.45, 7) is 2.57. The van der Waals surface area contributed by atoms with E-state index in [1.807, 2.05) is 6.92 Å². The molecule has 0 aliphatic heterocycles. The summed E-state index contributed by atoms with van der Waals surface area (Å²) in [5.41, 5.74) is 8.63. The van der Waals surface area contributed by atoms with Gasteiger partial charge < -0.3 is 5.73 Å². The van der Waals surface area contributed by atoms with Crippen LogP contribution < -0.4 is 11.1 Å². The monoisotopic (exact) mass is 228 g/mol. The molecule has 1 aliphatic rings. The summed E-state index contributed by atoms with van der Waals surface area (Å²) in [6.07, 6.45) is 8.02. The van der Waals surface area contributed by atoms with Crippen molar-refractivity contribution >= 4 is 0 Å². The zero-order valence-electron chi connectivity index (χ0n) is 10.3. The van der Waals surface area contributed by atoms with Crippen LogP contribution in [0.25, 0.3) is 0 Å². The highest BCUT2D eigenvalue weighted by molar-refractivity contribution is 5.36. The molecule has 2 heteroatoms. The highest BCUT2D eigenvalue weighted by Gasteiger charge is 2.27. The Kier molecular flexibility index (Phi) is 3.83. The molecule has 1 aliphatic carbocycles. The summed E-state index contributed by atoms with van der Waals surface area (Å²) in [4.78, 5) is 0. The highest BCUT2D eigenvalue weighted by Crippen LogP contribution is 2.42. The SMILES string of the molecule is C#CC(C)NC(CN)c1ccccc1C1CC1. The predicted octanol–water partition coefficient (Wildman–Crippen LogP) is 2.18. The van der Waals surface area contributed by atoms with Crippen LogP contribution in [0.2, 0.25) is 0 Å². The van der Waals surface area contributed by atoms with E-state index in [-0.39, 0.29) is 12.1 Å². The van der Waals surface area contributed by atoms with Crippen molar-refractivity contribution < 1.29 is 0 Å². The number of nitrogens with one attached hydrogen (secondary N) is 1. The van der Waals surface area contributed by atoms with Gasteiger partial charge in [0.2, 0.25) is 0 Å². The molecule has 0 aromatic heterocycles. The maximum atomic E-state index is 5.87. The summed E-state index contributed by atoms with van der Waals surface area (Å²) in [7, 11) is 0. The Morgan fingerprint density at radius 1 is 1.47 bits per heavy atom. The van der Waals surface area contributed by atoms with E-state index in [0.29, 0.717) is 6.54 Å². The lowest BCUT2D eigenvalue weighted by atomic mass is 9.96. The van der Waals surface area contributed by atoms with Crippen LogP contribution in [0.1, 0.15) is 42.9 Å². The minimum absolute atomic E-state index is 0.0517. The second kappa shape index (κ2) is 5.35. The lowest BCUT2D eigenvalue weighted by molar-refractivity contribution is 0.515. The zero-order chi connectivity index (χ0) is 12.3. The van der Waals surface area contributed by atoms with E-state index in [4.69, 9.17) is 12.2 Å². The Morgan fingerprint density at radius 2 is 2.18 bits per heavy atom. The van der Waals surface area contributed by atoms with Gasteiger partial charge in [0, 0.05) is 12.6 Å². The first-order chi connectivity index (χ1) is 8.26. The molecule has 1 aromatic rings. The van der Waals surface area contributed by atoms with E-state index in [0.717, 1.165) is 5.92 Å². The fraction of sp³-hybridized carbons (Fsp3) is 0.467. The van der Waals surface area contributed by atoms with Crippen molar-refractivity contribution in [1.29, 1.82) is 0 Å². The Hall–Kier alpha value is -1.30. The highest BCUT2D eigenvalue weighted by atomic mass is 15.0. The molecule has 1 saturated carbocycles. The minimum Gasteiger partial charge on any atom is -0.329 e. The standard InChI is InChI=1S/C15H20N2/c1-3-11(2)17-15(10-16)14-7-5-4-6-13(14)12-8-9-12/h1,4-7,11-12,15,17H,8-10,16H2,2H3. The molecular formula is C15H20N2. The molecule has 0 radical (unpaired) electrons. The molecule has 3 N–H and O–H groups in total. The first kappa shape index (κ1) is 12.2. The summed E-state index contributed by atoms with van der Waals surface area (Å²) < 4.78 is 0. The van der Waals surface area contributed by atoms with Crippen molar-refractivity contribution in [3.63, 3.8) is 0 Å². The number of benzene rings is 1. The average molecular weight is 228 g/mol. The molecule has 1 fully saturated rings. The average Bonchev–Trinajstić information content (AvgIpc) is 3.20. The van der Waals surface area contributed by atoms with Crippen LogP contribution >= 0.6 is 0 Å². The number of terminal acetylenes is 1.